The topological polar surface area (TPSA) is 55.6 Å². The number of benzene rings is 2. The molecule has 1 atom stereocenters. The molecule has 1 aromatic heterocycles. The van der Waals surface area contributed by atoms with Gasteiger partial charge in [-0.25, -0.2) is 0 Å². The summed E-state index contributed by atoms with van der Waals surface area (Å²) < 4.78 is 1.80. The maximum absolute atomic E-state index is 4.11. The predicted molar refractivity (Wildman–Crippen MR) is 85.2 cm³/mol. The Bertz CT molecular complexity index is 818. The molecule has 2 aromatic carbocycles. The number of hydrogen-bond donors (Lipinski definition) is 1. The normalized spacial score (nSPS) is 16.6. The van der Waals surface area contributed by atoms with Crippen LogP contribution in [0.1, 0.15) is 22.7 Å². The number of aryl methyl sites for hydroxylation is 1. The van der Waals surface area contributed by atoms with Crippen molar-refractivity contribution in [3.63, 3.8) is 0 Å². The van der Waals surface area contributed by atoms with Gasteiger partial charge in [-0.1, -0.05) is 65.3 Å². The fraction of sp³-hybridized carbons (Fsp3) is 0.118. The van der Waals surface area contributed by atoms with Gasteiger partial charge in [-0.05, 0) is 34.6 Å². The number of fused-ring (bicyclic) bond motifs is 1. The monoisotopic (exact) mass is 289 g/mol. The third kappa shape index (κ3) is 2.16. The summed E-state index contributed by atoms with van der Waals surface area (Å²) in [6.45, 7) is 2.08. The van der Waals surface area contributed by atoms with Gasteiger partial charge in [-0.15, -0.1) is 0 Å². The first kappa shape index (κ1) is 12.8. The quantitative estimate of drug-likeness (QED) is 0.788. The lowest BCUT2D eigenvalue weighted by atomic mass is 10.0. The predicted octanol–water partition coefficient (Wildman–Crippen LogP) is 3.04. The molecule has 1 N–H and O–H groups in total. The van der Waals surface area contributed by atoms with Crippen LogP contribution in [0, 0.1) is 6.92 Å². The second-order valence-electron chi connectivity index (χ2n) is 5.37. The van der Waals surface area contributed by atoms with Gasteiger partial charge in [0.2, 0.25) is 5.95 Å². The van der Waals surface area contributed by atoms with E-state index in [2.05, 4.69) is 70.2 Å². The van der Waals surface area contributed by atoms with Crippen molar-refractivity contribution >= 4 is 11.6 Å². The zero-order valence-corrected chi connectivity index (χ0v) is 12.1. The molecule has 3 aromatic rings. The number of anilines is 1. The maximum atomic E-state index is 4.11. The Morgan fingerprint density at radius 2 is 1.77 bits per heavy atom. The number of rotatable bonds is 2. The maximum Gasteiger partial charge on any atom is 0.248 e. The van der Waals surface area contributed by atoms with Gasteiger partial charge < -0.3 is 5.32 Å². The fourth-order valence-electron chi connectivity index (χ4n) is 2.64. The Kier molecular flexibility index (Phi) is 2.96. The highest BCUT2D eigenvalue weighted by Gasteiger charge is 2.23. The van der Waals surface area contributed by atoms with Crippen molar-refractivity contribution in [2.24, 2.45) is 0 Å². The van der Waals surface area contributed by atoms with Crippen molar-refractivity contribution in [3.8, 4) is 0 Å². The van der Waals surface area contributed by atoms with Gasteiger partial charge in [0.1, 0.15) is 6.04 Å². The molecule has 0 saturated carbocycles. The van der Waals surface area contributed by atoms with Gasteiger partial charge in [0.25, 0.3) is 0 Å². The van der Waals surface area contributed by atoms with E-state index in [-0.39, 0.29) is 6.04 Å². The van der Waals surface area contributed by atoms with Crippen LogP contribution in [0.25, 0.3) is 5.70 Å². The summed E-state index contributed by atoms with van der Waals surface area (Å²) in [6, 6.07) is 18.7. The SMILES string of the molecule is Cc1ccc([C@H]2C=C(c3ccccc3)Nc3nnnn32)cc1. The van der Waals surface area contributed by atoms with Gasteiger partial charge in [0.05, 0.1) is 0 Å². The van der Waals surface area contributed by atoms with E-state index >= 15 is 0 Å². The number of aromatic nitrogens is 4. The molecule has 0 radical (unpaired) electrons. The van der Waals surface area contributed by atoms with E-state index < -0.39 is 0 Å². The molecule has 5 nitrogen and oxygen atoms in total. The fourth-order valence-corrected chi connectivity index (χ4v) is 2.64. The Morgan fingerprint density at radius 1 is 1.00 bits per heavy atom. The molecule has 0 bridgehead atoms. The minimum Gasteiger partial charge on any atom is -0.323 e. The first-order chi connectivity index (χ1) is 10.8. The van der Waals surface area contributed by atoms with Crippen LogP contribution in [-0.2, 0) is 0 Å². The highest BCUT2D eigenvalue weighted by molar-refractivity contribution is 5.76. The third-order valence-corrected chi connectivity index (χ3v) is 3.83. The molecule has 0 unspecified atom stereocenters. The van der Waals surface area contributed by atoms with Crippen molar-refractivity contribution < 1.29 is 0 Å². The molecule has 0 aliphatic carbocycles. The zero-order valence-electron chi connectivity index (χ0n) is 12.1. The lowest BCUT2D eigenvalue weighted by Gasteiger charge is -2.23. The summed E-state index contributed by atoms with van der Waals surface area (Å²) >= 11 is 0. The van der Waals surface area contributed by atoms with E-state index in [1.165, 1.54) is 5.56 Å². The van der Waals surface area contributed by atoms with E-state index in [4.69, 9.17) is 0 Å². The molecule has 0 amide bonds. The number of nitrogens with zero attached hydrogens (tertiary/aromatic N) is 4. The number of allylic oxidation sites excluding steroid dienone is 1. The average Bonchev–Trinajstić information content (AvgIpc) is 3.04. The molecular formula is C17H15N5. The largest absolute Gasteiger partial charge is 0.323 e. The highest BCUT2D eigenvalue weighted by Crippen LogP contribution is 2.31. The summed E-state index contributed by atoms with van der Waals surface area (Å²) in [4.78, 5) is 0. The van der Waals surface area contributed by atoms with E-state index in [1.807, 2.05) is 18.2 Å². The van der Waals surface area contributed by atoms with Crippen molar-refractivity contribution in [3.05, 3.63) is 77.4 Å². The van der Waals surface area contributed by atoms with Crippen LogP contribution in [0.5, 0.6) is 0 Å². The molecule has 1 aliphatic rings. The Labute approximate surface area is 128 Å². The minimum absolute atomic E-state index is 0.0120. The molecule has 2 heterocycles. The lowest BCUT2D eigenvalue weighted by molar-refractivity contribution is 0.586. The summed E-state index contributed by atoms with van der Waals surface area (Å²) in [6.07, 6.45) is 2.16. The van der Waals surface area contributed by atoms with E-state index in [1.54, 1.807) is 4.68 Å². The number of nitrogens with one attached hydrogen (secondary N) is 1. The van der Waals surface area contributed by atoms with Crippen molar-refractivity contribution in [2.45, 2.75) is 13.0 Å². The molecular weight excluding hydrogens is 274 g/mol. The number of tetrazole rings is 1. The Balaban J connectivity index is 1.81. The van der Waals surface area contributed by atoms with Crippen LogP contribution in [-0.4, -0.2) is 20.2 Å². The molecule has 108 valence electrons. The van der Waals surface area contributed by atoms with Gasteiger partial charge in [0.15, 0.2) is 0 Å². The molecule has 5 heteroatoms. The molecule has 4 rings (SSSR count). The van der Waals surface area contributed by atoms with Gasteiger partial charge in [-0.3, -0.25) is 0 Å². The summed E-state index contributed by atoms with van der Waals surface area (Å²) in [5.41, 5.74) is 4.54. The Hall–Kier alpha value is -2.95. The van der Waals surface area contributed by atoms with Crippen LogP contribution in [0.3, 0.4) is 0 Å². The molecule has 1 aliphatic heterocycles. The van der Waals surface area contributed by atoms with Crippen LogP contribution in [0.15, 0.2) is 60.7 Å². The third-order valence-electron chi connectivity index (χ3n) is 3.83. The summed E-state index contributed by atoms with van der Waals surface area (Å²) in [5.74, 6) is 0.659. The lowest BCUT2D eigenvalue weighted by Crippen LogP contribution is -2.20. The first-order valence-corrected chi connectivity index (χ1v) is 7.20. The molecule has 0 fully saturated rings. The van der Waals surface area contributed by atoms with E-state index in [0.29, 0.717) is 5.95 Å². The van der Waals surface area contributed by atoms with Crippen molar-refractivity contribution in [1.29, 1.82) is 0 Å². The van der Waals surface area contributed by atoms with Crippen LogP contribution < -0.4 is 5.32 Å². The minimum atomic E-state index is -0.0120. The van der Waals surface area contributed by atoms with Gasteiger partial charge >= 0.3 is 0 Å². The van der Waals surface area contributed by atoms with Crippen LogP contribution >= 0.6 is 0 Å². The van der Waals surface area contributed by atoms with Crippen LogP contribution in [0.4, 0.5) is 5.95 Å². The Morgan fingerprint density at radius 3 is 2.55 bits per heavy atom. The molecule has 22 heavy (non-hydrogen) atoms. The van der Waals surface area contributed by atoms with Gasteiger partial charge in [0, 0.05) is 5.70 Å². The van der Waals surface area contributed by atoms with E-state index in [0.717, 1.165) is 16.8 Å². The highest BCUT2D eigenvalue weighted by atomic mass is 15.6. The smallest absolute Gasteiger partial charge is 0.248 e. The van der Waals surface area contributed by atoms with Gasteiger partial charge in [-0.2, -0.15) is 4.68 Å². The van der Waals surface area contributed by atoms with Crippen molar-refractivity contribution in [2.75, 3.05) is 5.32 Å². The standard InChI is InChI=1S/C17H15N5/c1-12-7-9-14(10-8-12)16-11-15(13-5-3-2-4-6-13)18-17-19-20-21-22(16)17/h2-11,16H,1H3,(H,18,19,21)/t16-/m1/s1. The zero-order chi connectivity index (χ0) is 14.9. The molecule has 0 saturated heterocycles. The second kappa shape index (κ2) is 5.11. The number of hydrogen-bond acceptors (Lipinski definition) is 4. The summed E-state index contributed by atoms with van der Waals surface area (Å²) in [5, 5.41) is 15.3. The molecule has 0 spiro atoms. The van der Waals surface area contributed by atoms with E-state index in [9.17, 15) is 0 Å². The summed E-state index contributed by atoms with van der Waals surface area (Å²) in [7, 11) is 0. The average molecular weight is 289 g/mol. The van der Waals surface area contributed by atoms with Crippen molar-refractivity contribution in [1.82, 2.24) is 20.2 Å². The van der Waals surface area contributed by atoms with Crippen LogP contribution in [0.2, 0.25) is 0 Å². The first-order valence-electron chi connectivity index (χ1n) is 7.20. The second-order valence-corrected chi connectivity index (χ2v) is 5.37.